The van der Waals surface area contributed by atoms with Crippen molar-refractivity contribution >= 4 is 0 Å². The van der Waals surface area contributed by atoms with Crippen LogP contribution in [-0.4, -0.2) is 6.04 Å². The van der Waals surface area contributed by atoms with Crippen molar-refractivity contribution in [1.82, 2.24) is 5.43 Å². The lowest BCUT2D eigenvalue weighted by Gasteiger charge is -2.38. The first-order valence-electron chi connectivity index (χ1n) is 5.36. The smallest absolute Gasteiger partial charge is 0.0210 e. The average molecular weight is 168 g/mol. The van der Waals surface area contributed by atoms with Gasteiger partial charge in [0, 0.05) is 6.04 Å². The van der Waals surface area contributed by atoms with Gasteiger partial charge in [0.2, 0.25) is 0 Å². The van der Waals surface area contributed by atoms with Gasteiger partial charge >= 0.3 is 0 Å². The molecule has 70 valence electrons. The van der Waals surface area contributed by atoms with Gasteiger partial charge < -0.3 is 0 Å². The third kappa shape index (κ3) is 1.64. The lowest BCUT2D eigenvalue weighted by molar-refractivity contribution is 0.147. The minimum atomic E-state index is 0.612. The van der Waals surface area contributed by atoms with E-state index in [1.807, 2.05) is 0 Å². The van der Waals surface area contributed by atoms with Crippen LogP contribution in [0.4, 0.5) is 0 Å². The Balaban J connectivity index is 1.74. The Morgan fingerprint density at radius 3 is 1.83 bits per heavy atom. The Kier molecular flexibility index (Phi) is 2.66. The first-order chi connectivity index (χ1) is 5.90. The summed E-state index contributed by atoms with van der Waals surface area (Å²) in [5.74, 6) is 7.55. The monoisotopic (exact) mass is 168 g/mol. The molecule has 0 unspecified atom stereocenters. The summed E-state index contributed by atoms with van der Waals surface area (Å²) in [7, 11) is 0. The molecule has 0 aliphatic heterocycles. The number of hydrogen-bond acceptors (Lipinski definition) is 2. The van der Waals surface area contributed by atoms with E-state index in [1.165, 1.54) is 44.9 Å². The molecule has 0 heterocycles. The maximum Gasteiger partial charge on any atom is 0.0210 e. The van der Waals surface area contributed by atoms with Crippen LogP contribution in [0.25, 0.3) is 0 Å². The third-order valence-electron chi connectivity index (χ3n) is 3.82. The standard InChI is InChI=1S/C10H20N2/c11-12-10-6-4-9(5-7-10)8-2-1-3-8/h8-10,12H,1-7,11H2. The fourth-order valence-corrected chi connectivity index (χ4v) is 2.67. The van der Waals surface area contributed by atoms with Crippen LogP contribution in [0.15, 0.2) is 0 Å². The molecule has 0 amide bonds. The predicted molar refractivity (Wildman–Crippen MR) is 50.4 cm³/mol. The van der Waals surface area contributed by atoms with E-state index < -0.39 is 0 Å². The van der Waals surface area contributed by atoms with Gasteiger partial charge in [-0.15, -0.1) is 0 Å². The van der Waals surface area contributed by atoms with Gasteiger partial charge in [0.05, 0.1) is 0 Å². The highest BCUT2D eigenvalue weighted by Gasteiger charge is 2.30. The van der Waals surface area contributed by atoms with Gasteiger partial charge in [0.25, 0.3) is 0 Å². The summed E-state index contributed by atoms with van der Waals surface area (Å²) < 4.78 is 0. The van der Waals surface area contributed by atoms with Crippen LogP contribution in [0.1, 0.15) is 44.9 Å². The normalized spacial score (nSPS) is 37.8. The fourth-order valence-electron chi connectivity index (χ4n) is 2.67. The second kappa shape index (κ2) is 3.75. The summed E-state index contributed by atoms with van der Waals surface area (Å²) >= 11 is 0. The number of nitrogens with one attached hydrogen (secondary N) is 1. The molecule has 2 saturated carbocycles. The molecule has 0 aromatic rings. The second-order valence-corrected chi connectivity index (χ2v) is 4.47. The molecule has 2 aliphatic rings. The van der Waals surface area contributed by atoms with Crippen LogP contribution in [0.3, 0.4) is 0 Å². The number of hydrogen-bond donors (Lipinski definition) is 2. The zero-order valence-corrected chi connectivity index (χ0v) is 7.76. The van der Waals surface area contributed by atoms with Crippen LogP contribution in [0.2, 0.25) is 0 Å². The van der Waals surface area contributed by atoms with Crippen molar-refractivity contribution in [2.75, 3.05) is 0 Å². The Morgan fingerprint density at radius 1 is 0.833 bits per heavy atom. The summed E-state index contributed by atoms with van der Waals surface area (Å²) in [6, 6.07) is 0.612. The minimum absolute atomic E-state index is 0.612. The van der Waals surface area contributed by atoms with Gasteiger partial charge in [0.1, 0.15) is 0 Å². The Bertz CT molecular complexity index is 135. The molecular weight excluding hydrogens is 148 g/mol. The average Bonchev–Trinajstić information content (AvgIpc) is 2.03. The maximum atomic E-state index is 5.42. The predicted octanol–water partition coefficient (Wildman–Crippen LogP) is 1.81. The van der Waals surface area contributed by atoms with Crippen molar-refractivity contribution in [3.63, 3.8) is 0 Å². The van der Waals surface area contributed by atoms with Crippen molar-refractivity contribution in [2.24, 2.45) is 17.7 Å². The summed E-state index contributed by atoms with van der Waals surface area (Å²) in [6.45, 7) is 0. The van der Waals surface area contributed by atoms with Gasteiger partial charge in [-0.25, -0.2) is 0 Å². The molecule has 2 aliphatic carbocycles. The van der Waals surface area contributed by atoms with Gasteiger partial charge in [-0.3, -0.25) is 11.3 Å². The highest BCUT2D eigenvalue weighted by atomic mass is 15.2. The van der Waals surface area contributed by atoms with E-state index in [0.717, 1.165) is 11.8 Å². The molecule has 2 nitrogen and oxygen atoms in total. The molecule has 0 atom stereocenters. The Morgan fingerprint density at radius 2 is 1.42 bits per heavy atom. The van der Waals surface area contributed by atoms with Crippen LogP contribution in [0, 0.1) is 11.8 Å². The molecular formula is C10H20N2. The van der Waals surface area contributed by atoms with Crippen LogP contribution < -0.4 is 11.3 Å². The third-order valence-corrected chi connectivity index (χ3v) is 3.82. The van der Waals surface area contributed by atoms with E-state index in [2.05, 4.69) is 5.43 Å². The number of nitrogens with two attached hydrogens (primary N) is 1. The number of hydrazine groups is 1. The lowest BCUT2D eigenvalue weighted by Crippen LogP contribution is -2.39. The molecule has 12 heavy (non-hydrogen) atoms. The maximum absolute atomic E-state index is 5.42. The first-order valence-corrected chi connectivity index (χ1v) is 5.36. The molecule has 0 radical (unpaired) electrons. The Hall–Kier alpha value is -0.0800. The largest absolute Gasteiger partial charge is 0.271 e. The van der Waals surface area contributed by atoms with Gasteiger partial charge in [0.15, 0.2) is 0 Å². The molecule has 0 bridgehead atoms. The van der Waals surface area contributed by atoms with Crippen molar-refractivity contribution in [3.8, 4) is 0 Å². The molecule has 2 rings (SSSR count). The van der Waals surface area contributed by atoms with E-state index in [-0.39, 0.29) is 0 Å². The molecule has 2 heteroatoms. The van der Waals surface area contributed by atoms with Gasteiger partial charge in [-0.05, 0) is 37.5 Å². The fraction of sp³-hybridized carbons (Fsp3) is 1.00. The zero-order valence-electron chi connectivity index (χ0n) is 7.76. The molecule has 0 saturated heterocycles. The SMILES string of the molecule is NNC1CCC(C2CCC2)CC1. The van der Waals surface area contributed by atoms with E-state index in [9.17, 15) is 0 Å². The quantitative estimate of drug-likeness (QED) is 0.487. The van der Waals surface area contributed by atoms with E-state index in [1.54, 1.807) is 0 Å². The number of rotatable bonds is 2. The summed E-state index contributed by atoms with van der Waals surface area (Å²) in [4.78, 5) is 0. The molecule has 2 fully saturated rings. The van der Waals surface area contributed by atoms with Gasteiger partial charge in [-0.2, -0.15) is 0 Å². The second-order valence-electron chi connectivity index (χ2n) is 4.47. The highest BCUT2D eigenvalue weighted by molar-refractivity contribution is 4.83. The van der Waals surface area contributed by atoms with Crippen molar-refractivity contribution < 1.29 is 0 Å². The summed E-state index contributed by atoms with van der Waals surface area (Å²) in [5.41, 5.74) is 2.90. The van der Waals surface area contributed by atoms with Crippen LogP contribution >= 0.6 is 0 Å². The molecule has 3 N–H and O–H groups in total. The summed E-state index contributed by atoms with van der Waals surface area (Å²) in [5, 5.41) is 0. The first kappa shape index (κ1) is 8.52. The van der Waals surface area contributed by atoms with Gasteiger partial charge in [-0.1, -0.05) is 19.3 Å². The van der Waals surface area contributed by atoms with Crippen molar-refractivity contribution in [3.05, 3.63) is 0 Å². The van der Waals surface area contributed by atoms with Crippen LogP contribution in [0.5, 0.6) is 0 Å². The van der Waals surface area contributed by atoms with Crippen LogP contribution in [-0.2, 0) is 0 Å². The highest BCUT2D eigenvalue weighted by Crippen LogP contribution is 2.40. The zero-order chi connectivity index (χ0) is 8.39. The van der Waals surface area contributed by atoms with Crippen molar-refractivity contribution in [2.45, 2.75) is 51.0 Å². The van der Waals surface area contributed by atoms with Crippen molar-refractivity contribution in [1.29, 1.82) is 0 Å². The minimum Gasteiger partial charge on any atom is -0.271 e. The molecule has 0 spiro atoms. The van der Waals surface area contributed by atoms with E-state index >= 15 is 0 Å². The Labute approximate surface area is 74.9 Å². The topological polar surface area (TPSA) is 38.0 Å². The molecule has 0 aromatic heterocycles. The molecule has 0 aromatic carbocycles. The summed E-state index contributed by atoms with van der Waals surface area (Å²) in [6.07, 6.45) is 9.94. The lowest BCUT2D eigenvalue weighted by atomic mass is 9.69. The van der Waals surface area contributed by atoms with E-state index in [4.69, 9.17) is 5.84 Å². The van der Waals surface area contributed by atoms with E-state index in [0.29, 0.717) is 6.04 Å².